The van der Waals surface area contributed by atoms with Crippen LogP contribution in [-0.4, -0.2) is 9.66 Å². The number of aromatic nitrogens is 2. The fourth-order valence-electron chi connectivity index (χ4n) is 2.13. The van der Waals surface area contributed by atoms with Gasteiger partial charge in [0.2, 0.25) is 0 Å². The van der Waals surface area contributed by atoms with Crippen molar-refractivity contribution in [3.05, 3.63) is 17.2 Å². The van der Waals surface area contributed by atoms with Crippen LogP contribution in [0.1, 0.15) is 63.2 Å². The van der Waals surface area contributed by atoms with Gasteiger partial charge in [0.05, 0.1) is 11.4 Å². The molecule has 16 heavy (non-hydrogen) atoms. The molecule has 0 aromatic carbocycles. The minimum atomic E-state index is 0.963. The van der Waals surface area contributed by atoms with Gasteiger partial charge in [-0.2, -0.15) is 0 Å². The van der Waals surface area contributed by atoms with Crippen molar-refractivity contribution in [3.8, 4) is 0 Å². The number of hydrogen-bond acceptors (Lipinski definition) is 2. The van der Waals surface area contributed by atoms with E-state index < -0.39 is 0 Å². The van der Waals surface area contributed by atoms with Crippen LogP contribution >= 0.6 is 0 Å². The standard InChI is InChI=1S/C13H25N3/c1-4-6-7-8-9-10-13-15-11(3)12(5-2)16(13)14/h4-10,14H2,1-3H3. The van der Waals surface area contributed by atoms with Gasteiger partial charge in [0, 0.05) is 6.42 Å². The number of nitrogen functional groups attached to an aromatic ring is 1. The molecule has 1 aromatic rings. The van der Waals surface area contributed by atoms with Crippen LogP contribution in [0.3, 0.4) is 0 Å². The smallest absolute Gasteiger partial charge is 0.127 e. The van der Waals surface area contributed by atoms with Crippen LogP contribution in [0.5, 0.6) is 0 Å². The molecular weight excluding hydrogens is 198 g/mol. The topological polar surface area (TPSA) is 43.8 Å². The normalized spacial score (nSPS) is 10.9. The van der Waals surface area contributed by atoms with Gasteiger partial charge < -0.3 is 5.84 Å². The molecule has 1 heterocycles. The van der Waals surface area contributed by atoms with Gasteiger partial charge in [-0.25, -0.2) is 4.98 Å². The predicted molar refractivity (Wildman–Crippen MR) is 69.0 cm³/mol. The zero-order chi connectivity index (χ0) is 12.0. The summed E-state index contributed by atoms with van der Waals surface area (Å²) in [6.07, 6.45) is 8.45. The Kier molecular flexibility index (Phi) is 5.36. The molecule has 3 nitrogen and oxygen atoms in total. The molecule has 92 valence electrons. The van der Waals surface area contributed by atoms with Crippen LogP contribution in [0.4, 0.5) is 0 Å². The number of imidazole rings is 1. The summed E-state index contributed by atoms with van der Waals surface area (Å²) in [5.41, 5.74) is 2.26. The molecule has 0 saturated heterocycles. The summed E-state index contributed by atoms with van der Waals surface area (Å²) in [6.45, 7) is 6.41. The highest BCUT2D eigenvalue weighted by molar-refractivity contribution is 5.16. The van der Waals surface area contributed by atoms with Gasteiger partial charge in [0.25, 0.3) is 0 Å². The van der Waals surface area contributed by atoms with Crippen LogP contribution in [0.2, 0.25) is 0 Å². The number of unbranched alkanes of at least 4 members (excludes halogenated alkanes) is 4. The van der Waals surface area contributed by atoms with Crippen LogP contribution in [0, 0.1) is 6.92 Å². The molecule has 3 heteroatoms. The van der Waals surface area contributed by atoms with Crippen molar-refractivity contribution in [2.45, 2.75) is 65.7 Å². The van der Waals surface area contributed by atoms with E-state index in [-0.39, 0.29) is 0 Å². The molecular formula is C13H25N3. The van der Waals surface area contributed by atoms with E-state index >= 15 is 0 Å². The first kappa shape index (κ1) is 13.1. The fourth-order valence-corrected chi connectivity index (χ4v) is 2.13. The molecule has 0 radical (unpaired) electrons. The molecule has 0 amide bonds. The molecule has 0 unspecified atom stereocenters. The average Bonchev–Trinajstić information content (AvgIpc) is 2.53. The number of aryl methyl sites for hydroxylation is 2. The zero-order valence-corrected chi connectivity index (χ0v) is 10.9. The van der Waals surface area contributed by atoms with Gasteiger partial charge in [-0.3, -0.25) is 4.68 Å². The minimum Gasteiger partial charge on any atom is -0.338 e. The maximum atomic E-state index is 6.01. The van der Waals surface area contributed by atoms with E-state index in [4.69, 9.17) is 5.84 Å². The van der Waals surface area contributed by atoms with Crippen molar-refractivity contribution in [1.29, 1.82) is 0 Å². The van der Waals surface area contributed by atoms with Crippen LogP contribution in [0.25, 0.3) is 0 Å². The largest absolute Gasteiger partial charge is 0.338 e. The molecule has 0 spiro atoms. The molecule has 2 N–H and O–H groups in total. The Morgan fingerprint density at radius 3 is 2.38 bits per heavy atom. The quantitative estimate of drug-likeness (QED) is 0.570. The maximum Gasteiger partial charge on any atom is 0.127 e. The maximum absolute atomic E-state index is 6.01. The summed E-state index contributed by atoms with van der Waals surface area (Å²) in [6, 6.07) is 0. The Hall–Kier alpha value is -0.990. The number of rotatable bonds is 7. The lowest BCUT2D eigenvalue weighted by Crippen LogP contribution is -2.15. The second kappa shape index (κ2) is 6.56. The molecule has 0 atom stereocenters. The highest BCUT2D eigenvalue weighted by Crippen LogP contribution is 2.12. The number of nitrogens with two attached hydrogens (primary N) is 1. The second-order valence-corrected chi connectivity index (χ2v) is 4.45. The average molecular weight is 223 g/mol. The summed E-state index contributed by atoms with van der Waals surface area (Å²) >= 11 is 0. The molecule has 0 fully saturated rings. The molecule has 1 rings (SSSR count). The van der Waals surface area contributed by atoms with Crippen molar-refractivity contribution < 1.29 is 0 Å². The highest BCUT2D eigenvalue weighted by atomic mass is 15.3. The molecule has 0 aliphatic heterocycles. The SMILES string of the molecule is CCCCCCCc1nc(C)c(CC)n1N. The highest BCUT2D eigenvalue weighted by Gasteiger charge is 2.09. The monoisotopic (exact) mass is 223 g/mol. The summed E-state index contributed by atoms with van der Waals surface area (Å²) in [5.74, 6) is 7.06. The van der Waals surface area contributed by atoms with Crippen molar-refractivity contribution in [2.24, 2.45) is 0 Å². The lowest BCUT2D eigenvalue weighted by atomic mass is 10.1. The number of nitrogens with zero attached hydrogens (tertiary/aromatic N) is 2. The first-order chi connectivity index (χ1) is 7.70. The summed E-state index contributed by atoms with van der Waals surface area (Å²) in [5, 5.41) is 0. The Bertz CT molecular complexity index is 315. The summed E-state index contributed by atoms with van der Waals surface area (Å²) in [7, 11) is 0. The summed E-state index contributed by atoms with van der Waals surface area (Å²) in [4.78, 5) is 4.54. The van der Waals surface area contributed by atoms with E-state index in [1.54, 1.807) is 4.68 Å². The Morgan fingerprint density at radius 1 is 1.12 bits per heavy atom. The van der Waals surface area contributed by atoms with E-state index in [9.17, 15) is 0 Å². The van der Waals surface area contributed by atoms with Crippen molar-refractivity contribution in [2.75, 3.05) is 5.84 Å². The molecule has 0 bridgehead atoms. The van der Waals surface area contributed by atoms with Crippen LogP contribution in [-0.2, 0) is 12.8 Å². The van der Waals surface area contributed by atoms with Crippen molar-refractivity contribution in [1.82, 2.24) is 9.66 Å². The van der Waals surface area contributed by atoms with Gasteiger partial charge >= 0.3 is 0 Å². The predicted octanol–water partition coefficient (Wildman–Crippen LogP) is 2.98. The molecule has 0 aliphatic rings. The molecule has 0 saturated carbocycles. The molecule has 0 aliphatic carbocycles. The zero-order valence-electron chi connectivity index (χ0n) is 10.9. The van der Waals surface area contributed by atoms with E-state index in [0.717, 1.165) is 24.4 Å². The van der Waals surface area contributed by atoms with Gasteiger partial charge in [-0.05, 0) is 19.8 Å². The van der Waals surface area contributed by atoms with E-state index in [1.165, 1.54) is 37.8 Å². The fraction of sp³-hybridized carbons (Fsp3) is 0.769. The van der Waals surface area contributed by atoms with Gasteiger partial charge in [-0.15, -0.1) is 0 Å². The van der Waals surface area contributed by atoms with Crippen LogP contribution in [0.15, 0.2) is 0 Å². The van der Waals surface area contributed by atoms with Gasteiger partial charge in [-0.1, -0.05) is 39.5 Å². The Morgan fingerprint density at radius 2 is 1.81 bits per heavy atom. The minimum absolute atomic E-state index is 0.963. The van der Waals surface area contributed by atoms with E-state index in [0.29, 0.717) is 0 Å². The van der Waals surface area contributed by atoms with Crippen LogP contribution < -0.4 is 5.84 Å². The Balaban J connectivity index is 2.42. The third kappa shape index (κ3) is 3.26. The lowest BCUT2D eigenvalue weighted by Gasteiger charge is -2.04. The van der Waals surface area contributed by atoms with Crippen molar-refractivity contribution >= 4 is 0 Å². The van der Waals surface area contributed by atoms with Crippen molar-refractivity contribution in [3.63, 3.8) is 0 Å². The van der Waals surface area contributed by atoms with E-state index in [1.807, 2.05) is 6.92 Å². The third-order valence-corrected chi connectivity index (χ3v) is 3.12. The Labute approximate surface area is 99.0 Å². The summed E-state index contributed by atoms with van der Waals surface area (Å²) < 4.78 is 1.79. The third-order valence-electron chi connectivity index (χ3n) is 3.12. The lowest BCUT2D eigenvalue weighted by molar-refractivity contribution is 0.616. The van der Waals surface area contributed by atoms with Gasteiger partial charge in [0.15, 0.2) is 0 Å². The molecule has 1 aromatic heterocycles. The van der Waals surface area contributed by atoms with E-state index in [2.05, 4.69) is 18.8 Å². The first-order valence-electron chi connectivity index (χ1n) is 6.52. The first-order valence-corrected chi connectivity index (χ1v) is 6.52. The second-order valence-electron chi connectivity index (χ2n) is 4.45. The van der Waals surface area contributed by atoms with Gasteiger partial charge in [0.1, 0.15) is 5.82 Å². The number of hydrogen-bond donors (Lipinski definition) is 1.